The monoisotopic (exact) mass is 268 g/mol. The molecule has 0 unspecified atom stereocenters. The molecule has 0 aliphatic rings. The molecule has 0 bridgehead atoms. The zero-order chi connectivity index (χ0) is 13.2. The number of nitrogens with zero attached hydrogens (tertiary/aromatic N) is 3. The predicted octanol–water partition coefficient (Wildman–Crippen LogP) is 0.884. The van der Waals surface area contributed by atoms with Gasteiger partial charge in [0.2, 0.25) is 5.95 Å². The van der Waals surface area contributed by atoms with Crippen LogP contribution in [0.15, 0.2) is 18.2 Å². The van der Waals surface area contributed by atoms with E-state index in [1.807, 2.05) is 25.1 Å². The third-order valence-corrected chi connectivity index (χ3v) is 4.39. The van der Waals surface area contributed by atoms with Gasteiger partial charge in [0.25, 0.3) is 0 Å². The molecule has 0 fully saturated rings. The number of hydrogen-bond donors (Lipinski definition) is 1. The fraction of sp³-hybridized carbons (Fsp3) is 0.455. The number of hydrogen-bond acceptors (Lipinski definition) is 5. The van der Waals surface area contributed by atoms with Crippen molar-refractivity contribution in [3.8, 4) is 0 Å². The molecule has 2 rings (SSSR count). The van der Waals surface area contributed by atoms with E-state index in [0.29, 0.717) is 12.5 Å². The number of aryl methyl sites for hydroxylation is 1. The fourth-order valence-corrected chi connectivity index (χ4v) is 2.27. The Hall–Kier alpha value is -1.63. The van der Waals surface area contributed by atoms with Crippen LogP contribution in [-0.4, -0.2) is 41.1 Å². The van der Waals surface area contributed by atoms with Crippen molar-refractivity contribution in [1.82, 2.24) is 14.6 Å². The van der Waals surface area contributed by atoms with Crippen molar-refractivity contribution in [2.45, 2.75) is 13.8 Å². The van der Waals surface area contributed by atoms with Gasteiger partial charge in [-0.3, -0.25) is 0 Å². The van der Waals surface area contributed by atoms with Gasteiger partial charge >= 0.3 is 0 Å². The Bertz CT molecular complexity index is 648. The summed E-state index contributed by atoms with van der Waals surface area (Å²) in [7, 11) is -2.95. The van der Waals surface area contributed by atoms with Crippen LogP contribution < -0.4 is 5.32 Å². The molecular formula is C11H16N4O2S. The Balaban J connectivity index is 2.07. The highest BCUT2D eigenvalue weighted by atomic mass is 32.2. The molecule has 0 aliphatic heterocycles. The van der Waals surface area contributed by atoms with Crippen molar-refractivity contribution in [1.29, 1.82) is 0 Å². The van der Waals surface area contributed by atoms with Crippen LogP contribution in [0.2, 0.25) is 0 Å². The van der Waals surface area contributed by atoms with E-state index in [1.165, 1.54) is 0 Å². The van der Waals surface area contributed by atoms with Gasteiger partial charge in [0.15, 0.2) is 15.5 Å². The first kappa shape index (κ1) is 12.8. The summed E-state index contributed by atoms with van der Waals surface area (Å²) >= 11 is 0. The smallest absolute Gasteiger partial charge is 0.243 e. The highest BCUT2D eigenvalue weighted by molar-refractivity contribution is 7.91. The van der Waals surface area contributed by atoms with Crippen LogP contribution in [-0.2, 0) is 9.84 Å². The van der Waals surface area contributed by atoms with Crippen LogP contribution >= 0.6 is 0 Å². The lowest BCUT2D eigenvalue weighted by atomic mass is 10.4. The molecule has 7 heteroatoms. The van der Waals surface area contributed by atoms with Gasteiger partial charge < -0.3 is 5.32 Å². The average molecular weight is 268 g/mol. The standard InChI is InChI=1S/C11H16N4O2S/c1-3-18(16,17)8-7-12-11-13-10-6-4-5-9(2)15(10)14-11/h4-6H,3,7-8H2,1-2H3,(H,12,14). The van der Waals surface area contributed by atoms with Crippen molar-refractivity contribution in [3.05, 3.63) is 23.9 Å². The van der Waals surface area contributed by atoms with Crippen LogP contribution in [0.1, 0.15) is 12.6 Å². The van der Waals surface area contributed by atoms with Gasteiger partial charge in [-0.15, -0.1) is 5.10 Å². The van der Waals surface area contributed by atoms with Crippen molar-refractivity contribution >= 4 is 21.4 Å². The van der Waals surface area contributed by atoms with E-state index in [2.05, 4.69) is 15.4 Å². The fourth-order valence-electron chi connectivity index (χ4n) is 1.57. The molecule has 2 aromatic rings. The van der Waals surface area contributed by atoms with Crippen LogP contribution in [0.25, 0.3) is 5.65 Å². The van der Waals surface area contributed by atoms with Crippen molar-refractivity contribution in [2.24, 2.45) is 0 Å². The zero-order valence-corrected chi connectivity index (χ0v) is 11.2. The van der Waals surface area contributed by atoms with E-state index in [0.717, 1.165) is 11.3 Å². The number of sulfone groups is 1. The number of rotatable bonds is 5. The molecule has 2 aromatic heterocycles. The highest BCUT2D eigenvalue weighted by Crippen LogP contribution is 2.07. The minimum Gasteiger partial charge on any atom is -0.352 e. The number of fused-ring (bicyclic) bond motifs is 1. The number of pyridine rings is 1. The zero-order valence-electron chi connectivity index (χ0n) is 10.4. The van der Waals surface area contributed by atoms with Crippen LogP contribution in [0.5, 0.6) is 0 Å². The first-order chi connectivity index (χ1) is 8.52. The Morgan fingerprint density at radius 1 is 1.39 bits per heavy atom. The molecule has 0 saturated carbocycles. The lowest BCUT2D eigenvalue weighted by Crippen LogP contribution is -2.17. The van der Waals surface area contributed by atoms with E-state index in [4.69, 9.17) is 0 Å². The maximum atomic E-state index is 11.3. The third-order valence-electron chi connectivity index (χ3n) is 2.68. The predicted molar refractivity (Wildman–Crippen MR) is 70.5 cm³/mol. The summed E-state index contributed by atoms with van der Waals surface area (Å²) in [6, 6.07) is 5.70. The molecule has 98 valence electrons. The van der Waals surface area contributed by atoms with Crippen molar-refractivity contribution in [3.63, 3.8) is 0 Å². The third kappa shape index (κ3) is 2.79. The molecule has 2 heterocycles. The van der Waals surface area contributed by atoms with Gasteiger partial charge in [-0.2, -0.15) is 4.98 Å². The molecule has 0 radical (unpaired) electrons. The molecule has 18 heavy (non-hydrogen) atoms. The summed E-state index contributed by atoms with van der Waals surface area (Å²) in [6.45, 7) is 3.90. The van der Waals surface area contributed by atoms with Gasteiger partial charge in [0.05, 0.1) is 5.75 Å². The minimum atomic E-state index is -2.95. The van der Waals surface area contributed by atoms with Crippen LogP contribution in [0.3, 0.4) is 0 Å². The second kappa shape index (κ2) is 4.93. The minimum absolute atomic E-state index is 0.0953. The SMILES string of the molecule is CCS(=O)(=O)CCNc1nc2cccc(C)n2n1. The number of nitrogens with one attached hydrogen (secondary N) is 1. The average Bonchev–Trinajstić information content (AvgIpc) is 2.73. The maximum absolute atomic E-state index is 11.3. The van der Waals surface area contributed by atoms with Gasteiger partial charge in [-0.25, -0.2) is 12.9 Å². The maximum Gasteiger partial charge on any atom is 0.243 e. The molecule has 0 aliphatic carbocycles. The molecular weight excluding hydrogens is 252 g/mol. The molecule has 0 saturated heterocycles. The van der Waals surface area contributed by atoms with Gasteiger partial charge in [-0.1, -0.05) is 13.0 Å². The number of aromatic nitrogens is 3. The normalized spacial score (nSPS) is 11.9. The summed E-state index contributed by atoms with van der Waals surface area (Å²) in [5, 5.41) is 7.19. The van der Waals surface area contributed by atoms with Gasteiger partial charge in [0, 0.05) is 18.0 Å². The van der Waals surface area contributed by atoms with E-state index in [1.54, 1.807) is 11.4 Å². The van der Waals surface area contributed by atoms with Crippen LogP contribution in [0, 0.1) is 6.92 Å². The second-order valence-corrected chi connectivity index (χ2v) is 6.51. The van der Waals surface area contributed by atoms with Gasteiger partial charge in [-0.05, 0) is 19.1 Å². The van der Waals surface area contributed by atoms with E-state index < -0.39 is 9.84 Å². The Labute approximate surface area is 106 Å². The Kier molecular flexibility index (Phi) is 3.51. The summed E-state index contributed by atoms with van der Waals surface area (Å²) in [4.78, 5) is 4.26. The van der Waals surface area contributed by atoms with E-state index in [9.17, 15) is 8.42 Å². The Morgan fingerprint density at radius 2 is 2.17 bits per heavy atom. The molecule has 6 nitrogen and oxygen atoms in total. The molecule has 0 atom stereocenters. The van der Waals surface area contributed by atoms with Crippen LogP contribution in [0.4, 0.5) is 5.95 Å². The first-order valence-corrected chi connectivity index (χ1v) is 7.60. The van der Waals surface area contributed by atoms with Gasteiger partial charge in [0.1, 0.15) is 0 Å². The van der Waals surface area contributed by atoms with Crippen molar-refractivity contribution < 1.29 is 8.42 Å². The topological polar surface area (TPSA) is 76.4 Å². The lowest BCUT2D eigenvalue weighted by Gasteiger charge is -2.01. The van der Waals surface area contributed by atoms with E-state index in [-0.39, 0.29) is 11.5 Å². The summed E-state index contributed by atoms with van der Waals surface area (Å²) in [6.07, 6.45) is 0. The summed E-state index contributed by atoms with van der Waals surface area (Å²) in [5.41, 5.74) is 1.73. The first-order valence-electron chi connectivity index (χ1n) is 5.78. The Morgan fingerprint density at radius 3 is 2.83 bits per heavy atom. The molecule has 0 spiro atoms. The van der Waals surface area contributed by atoms with Crippen molar-refractivity contribution in [2.75, 3.05) is 23.4 Å². The lowest BCUT2D eigenvalue weighted by molar-refractivity contribution is 0.597. The number of anilines is 1. The second-order valence-electron chi connectivity index (χ2n) is 4.04. The molecule has 0 aromatic carbocycles. The largest absolute Gasteiger partial charge is 0.352 e. The molecule has 1 N–H and O–H groups in total. The summed E-state index contributed by atoms with van der Waals surface area (Å²) < 4.78 is 24.4. The molecule has 0 amide bonds. The van der Waals surface area contributed by atoms with E-state index >= 15 is 0 Å². The summed E-state index contributed by atoms with van der Waals surface area (Å²) in [5.74, 6) is 0.709. The quantitative estimate of drug-likeness (QED) is 0.871. The highest BCUT2D eigenvalue weighted by Gasteiger charge is 2.08.